The summed E-state index contributed by atoms with van der Waals surface area (Å²) in [5.41, 5.74) is 0. The maximum atomic E-state index is 6.84. The minimum absolute atomic E-state index is 0.127. The molecule has 0 rings (SSSR count). The standard InChI is InChI=1S/C18H39ClO3Si/c1-7-13-16(10-4)20-23(19,21-17(11-5)14-8-2)22-18(12-6)15-9-3/h16-18H,7-15H2,1-6H3. The quantitative estimate of drug-likeness (QED) is 0.246. The smallest absolute Gasteiger partial charge is 0.358 e. The summed E-state index contributed by atoms with van der Waals surface area (Å²) < 4.78 is 18.7. The fraction of sp³-hybridized carbons (Fsp3) is 1.00. The highest BCUT2D eigenvalue weighted by Gasteiger charge is 2.45. The van der Waals surface area contributed by atoms with Crippen LogP contribution in [-0.2, 0) is 13.3 Å². The average molecular weight is 367 g/mol. The van der Waals surface area contributed by atoms with Gasteiger partial charge in [0.2, 0.25) is 0 Å². The normalized spacial score (nSPS) is 18.4. The summed E-state index contributed by atoms with van der Waals surface area (Å²) in [6.07, 6.45) is 9.45. The Morgan fingerprint density at radius 2 is 0.870 bits per heavy atom. The molecule has 0 aliphatic rings. The van der Waals surface area contributed by atoms with E-state index in [1.54, 1.807) is 0 Å². The van der Waals surface area contributed by atoms with E-state index in [2.05, 4.69) is 41.5 Å². The number of hydrogen-bond donors (Lipinski definition) is 0. The van der Waals surface area contributed by atoms with Gasteiger partial charge in [0.15, 0.2) is 0 Å². The molecule has 5 heteroatoms. The van der Waals surface area contributed by atoms with Crippen LogP contribution in [0.1, 0.15) is 99.3 Å². The lowest BCUT2D eigenvalue weighted by Crippen LogP contribution is -2.48. The lowest BCUT2D eigenvalue weighted by atomic mass is 10.2. The molecular weight excluding hydrogens is 328 g/mol. The summed E-state index contributed by atoms with van der Waals surface area (Å²) in [5.74, 6) is 0. The van der Waals surface area contributed by atoms with Crippen molar-refractivity contribution in [1.82, 2.24) is 0 Å². The predicted molar refractivity (Wildman–Crippen MR) is 102 cm³/mol. The summed E-state index contributed by atoms with van der Waals surface area (Å²) in [7, 11) is -3.14. The topological polar surface area (TPSA) is 27.7 Å². The zero-order chi connectivity index (χ0) is 17.7. The lowest BCUT2D eigenvalue weighted by Gasteiger charge is -2.33. The van der Waals surface area contributed by atoms with Crippen molar-refractivity contribution in [2.45, 2.75) is 118 Å². The minimum Gasteiger partial charge on any atom is -0.358 e. The van der Waals surface area contributed by atoms with Crippen LogP contribution < -0.4 is 0 Å². The molecule has 23 heavy (non-hydrogen) atoms. The van der Waals surface area contributed by atoms with Crippen LogP contribution in [0.3, 0.4) is 0 Å². The highest BCUT2D eigenvalue weighted by molar-refractivity contribution is 7.09. The van der Waals surface area contributed by atoms with Gasteiger partial charge < -0.3 is 13.3 Å². The van der Waals surface area contributed by atoms with Gasteiger partial charge in [-0.15, -0.1) is 0 Å². The van der Waals surface area contributed by atoms with Gasteiger partial charge in [-0.05, 0) is 38.5 Å². The Kier molecular flexibility index (Phi) is 13.9. The van der Waals surface area contributed by atoms with Crippen molar-refractivity contribution < 1.29 is 13.3 Å². The molecule has 3 nitrogen and oxygen atoms in total. The van der Waals surface area contributed by atoms with Gasteiger partial charge >= 0.3 is 8.11 Å². The van der Waals surface area contributed by atoms with E-state index in [0.717, 1.165) is 57.8 Å². The molecule has 0 heterocycles. The van der Waals surface area contributed by atoms with Crippen LogP contribution in [-0.4, -0.2) is 26.4 Å². The van der Waals surface area contributed by atoms with Gasteiger partial charge in [-0.3, -0.25) is 0 Å². The van der Waals surface area contributed by atoms with Crippen LogP contribution in [0.2, 0.25) is 0 Å². The second-order valence-corrected chi connectivity index (χ2v) is 9.35. The van der Waals surface area contributed by atoms with Crippen molar-refractivity contribution in [3.63, 3.8) is 0 Å². The maximum Gasteiger partial charge on any atom is 0.613 e. The molecule has 0 amide bonds. The Bertz CT molecular complexity index is 238. The Morgan fingerprint density at radius 3 is 1.04 bits per heavy atom. The van der Waals surface area contributed by atoms with E-state index in [-0.39, 0.29) is 18.3 Å². The summed E-state index contributed by atoms with van der Waals surface area (Å²) in [5, 5.41) is 0. The first-order valence-electron chi connectivity index (χ1n) is 9.70. The van der Waals surface area contributed by atoms with Gasteiger partial charge in [-0.2, -0.15) is 0 Å². The van der Waals surface area contributed by atoms with E-state index >= 15 is 0 Å². The van der Waals surface area contributed by atoms with Crippen molar-refractivity contribution in [2.75, 3.05) is 0 Å². The Labute approximate surface area is 150 Å². The first-order valence-corrected chi connectivity index (χ1v) is 12.4. The van der Waals surface area contributed by atoms with Crippen molar-refractivity contribution in [2.24, 2.45) is 0 Å². The highest BCUT2D eigenvalue weighted by Crippen LogP contribution is 2.28. The van der Waals surface area contributed by atoms with Crippen molar-refractivity contribution in [3.8, 4) is 0 Å². The second-order valence-electron chi connectivity index (χ2n) is 6.29. The average Bonchev–Trinajstić information content (AvgIpc) is 2.53. The van der Waals surface area contributed by atoms with Gasteiger partial charge in [0, 0.05) is 0 Å². The molecule has 0 N–H and O–H groups in total. The molecule has 140 valence electrons. The van der Waals surface area contributed by atoms with E-state index < -0.39 is 8.11 Å². The van der Waals surface area contributed by atoms with Crippen LogP contribution in [0.4, 0.5) is 0 Å². The third-order valence-electron chi connectivity index (χ3n) is 4.12. The molecule has 3 unspecified atom stereocenters. The van der Waals surface area contributed by atoms with Gasteiger partial charge in [0.25, 0.3) is 0 Å². The molecule has 0 saturated carbocycles. The van der Waals surface area contributed by atoms with Gasteiger partial charge in [0.1, 0.15) is 0 Å². The second kappa shape index (κ2) is 13.7. The molecule has 0 fully saturated rings. The molecule has 3 atom stereocenters. The van der Waals surface area contributed by atoms with Crippen LogP contribution in [0, 0.1) is 0 Å². The molecule has 0 aromatic heterocycles. The van der Waals surface area contributed by atoms with Crippen molar-refractivity contribution in [1.29, 1.82) is 0 Å². The van der Waals surface area contributed by atoms with Crippen LogP contribution in [0.15, 0.2) is 0 Å². The largest absolute Gasteiger partial charge is 0.613 e. The van der Waals surface area contributed by atoms with Gasteiger partial charge in [-0.25, -0.2) is 0 Å². The molecular formula is C18H39ClO3Si. The van der Waals surface area contributed by atoms with Crippen LogP contribution in [0.5, 0.6) is 0 Å². The van der Waals surface area contributed by atoms with E-state index in [9.17, 15) is 0 Å². The lowest BCUT2D eigenvalue weighted by molar-refractivity contribution is -0.0107. The predicted octanol–water partition coefficient (Wildman–Crippen LogP) is 6.45. The molecule has 0 bridgehead atoms. The van der Waals surface area contributed by atoms with Crippen molar-refractivity contribution >= 4 is 19.2 Å². The van der Waals surface area contributed by atoms with E-state index in [4.69, 9.17) is 24.4 Å². The van der Waals surface area contributed by atoms with E-state index in [0.29, 0.717) is 0 Å². The molecule has 0 aliphatic carbocycles. The third-order valence-corrected chi connectivity index (χ3v) is 6.77. The SMILES string of the molecule is CCCC(CC)O[Si](Cl)(OC(CC)CCC)OC(CC)CCC. The Balaban J connectivity index is 5.05. The summed E-state index contributed by atoms with van der Waals surface area (Å²) >= 11 is 6.84. The summed E-state index contributed by atoms with van der Waals surface area (Å²) in [6, 6.07) is 0. The zero-order valence-corrected chi connectivity index (χ0v) is 18.0. The monoisotopic (exact) mass is 366 g/mol. The molecule has 0 aromatic rings. The first kappa shape index (κ1) is 23.4. The maximum absolute atomic E-state index is 6.84. The Morgan fingerprint density at radius 1 is 0.609 bits per heavy atom. The fourth-order valence-electron chi connectivity index (χ4n) is 2.69. The fourth-order valence-corrected chi connectivity index (χ4v) is 6.03. The molecule has 0 spiro atoms. The first-order chi connectivity index (χ1) is 11.0. The minimum atomic E-state index is -3.14. The van der Waals surface area contributed by atoms with E-state index in [1.807, 2.05) is 0 Å². The third kappa shape index (κ3) is 10.1. The van der Waals surface area contributed by atoms with E-state index in [1.165, 1.54) is 0 Å². The summed E-state index contributed by atoms with van der Waals surface area (Å²) in [6.45, 7) is 12.9. The number of hydrogen-bond acceptors (Lipinski definition) is 3. The molecule has 0 saturated heterocycles. The highest BCUT2D eigenvalue weighted by atomic mass is 35.6. The van der Waals surface area contributed by atoms with Crippen molar-refractivity contribution in [3.05, 3.63) is 0 Å². The molecule has 0 aromatic carbocycles. The Hall–Kier alpha value is 0.387. The number of halogens is 1. The molecule has 0 aliphatic heterocycles. The van der Waals surface area contributed by atoms with Crippen LogP contribution in [0.25, 0.3) is 0 Å². The van der Waals surface area contributed by atoms with Gasteiger partial charge in [0.05, 0.1) is 18.3 Å². The zero-order valence-electron chi connectivity index (χ0n) is 16.2. The number of rotatable bonds is 15. The summed E-state index contributed by atoms with van der Waals surface area (Å²) in [4.78, 5) is 0. The van der Waals surface area contributed by atoms with Crippen LogP contribution >= 0.6 is 11.1 Å². The molecule has 0 radical (unpaired) electrons. The van der Waals surface area contributed by atoms with Gasteiger partial charge in [-0.1, -0.05) is 71.9 Å².